The van der Waals surface area contributed by atoms with Gasteiger partial charge in [-0.1, -0.05) is 54.9 Å². The third-order valence-electron chi connectivity index (χ3n) is 5.30. The number of likely N-dealkylation sites (tertiary alicyclic amines) is 1. The van der Waals surface area contributed by atoms with Gasteiger partial charge in [-0.15, -0.1) is 0 Å². The Kier molecular flexibility index (Phi) is 8.59. The molecule has 0 spiro atoms. The van der Waals surface area contributed by atoms with E-state index in [1.165, 1.54) is 0 Å². The number of hydrogen-bond donors (Lipinski definition) is 2. The summed E-state index contributed by atoms with van der Waals surface area (Å²) >= 11 is 6.20. The highest BCUT2D eigenvalue weighted by Crippen LogP contribution is 2.24. The maximum absolute atomic E-state index is 11.9. The van der Waals surface area contributed by atoms with Crippen LogP contribution in [0.25, 0.3) is 0 Å². The molecule has 0 aliphatic carbocycles. The Hall–Kier alpha value is -2.73. The normalized spacial score (nSPS) is 15.1. The van der Waals surface area contributed by atoms with Gasteiger partial charge in [0, 0.05) is 33.1 Å². The number of carbonyl (C=O) groups is 1. The number of nitrogens with zero attached hydrogens (tertiary/aromatic N) is 2. The Morgan fingerprint density at radius 1 is 1.19 bits per heavy atom. The van der Waals surface area contributed by atoms with Crippen molar-refractivity contribution in [2.45, 2.75) is 45.4 Å². The average molecular weight is 443 g/mol. The number of guanidine groups is 1. The van der Waals surface area contributed by atoms with Crippen LogP contribution in [0.15, 0.2) is 53.5 Å². The molecule has 7 heteroatoms. The molecular weight excluding hydrogens is 412 g/mol. The largest absolute Gasteiger partial charge is 0.487 e. The van der Waals surface area contributed by atoms with E-state index in [1.807, 2.05) is 35.2 Å². The van der Waals surface area contributed by atoms with E-state index in [9.17, 15) is 4.79 Å². The molecule has 31 heavy (non-hydrogen) atoms. The van der Waals surface area contributed by atoms with Crippen LogP contribution >= 0.6 is 11.6 Å². The van der Waals surface area contributed by atoms with Gasteiger partial charge in [0.15, 0.2) is 5.96 Å². The van der Waals surface area contributed by atoms with Gasteiger partial charge in [0.25, 0.3) is 0 Å². The summed E-state index contributed by atoms with van der Waals surface area (Å²) in [6.45, 7) is 4.86. The third kappa shape index (κ3) is 6.89. The standard InChI is InChI=1S/C24H31ClN4O2/c1-3-20(31-22-11-5-4-10-21(22)25)16-28-24(26-2)27-15-18-8-6-9-19(14-18)17-29-13-7-12-23(29)30/h4-6,8-11,14,20H,3,7,12-13,15-17H2,1-2H3,(H2,26,27,28). The predicted molar refractivity (Wildman–Crippen MR) is 125 cm³/mol. The lowest BCUT2D eigenvalue weighted by molar-refractivity contribution is -0.128. The first-order valence-corrected chi connectivity index (χ1v) is 11.2. The second kappa shape index (κ2) is 11.6. The summed E-state index contributed by atoms with van der Waals surface area (Å²) in [4.78, 5) is 18.1. The fourth-order valence-electron chi connectivity index (χ4n) is 3.54. The van der Waals surface area contributed by atoms with E-state index in [1.54, 1.807) is 7.05 Å². The number of benzene rings is 2. The number of aliphatic imine (C=N–C) groups is 1. The molecule has 1 unspecified atom stereocenters. The molecule has 1 heterocycles. The molecule has 6 nitrogen and oxygen atoms in total. The second-order valence-corrected chi connectivity index (χ2v) is 8.03. The predicted octanol–water partition coefficient (Wildman–Crippen LogP) is 3.99. The smallest absolute Gasteiger partial charge is 0.222 e. The van der Waals surface area contributed by atoms with Crippen LogP contribution in [0.1, 0.15) is 37.3 Å². The SMILES string of the molecule is CCC(CNC(=NC)NCc1cccc(CN2CCCC2=O)c1)Oc1ccccc1Cl. The van der Waals surface area contributed by atoms with Crippen molar-refractivity contribution in [3.8, 4) is 5.75 Å². The molecule has 3 rings (SSSR count). The number of amides is 1. The number of carbonyl (C=O) groups excluding carboxylic acids is 1. The monoisotopic (exact) mass is 442 g/mol. The Morgan fingerprint density at radius 3 is 2.71 bits per heavy atom. The Bertz CT molecular complexity index is 903. The van der Waals surface area contributed by atoms with Crippen LogP contribution < -0.4 is 15.4 Å². The van der Waals surface area contributed by atoms with Crippen LogP contribution in [0, 0.1) is 0 Å². The summed E-state index contributed by atoms with van der Waals surface area (Å²) in [5.74, 6) is 1.65. The Balaban J connectivity index is 1.49. The van der Waals surface area contributed by atoms with E-state index < -0.39 is 0 Å². The average Bonchev–Trinajstić information content (AvgIpc) is 3.18. The minimum absolute atomic E-state index is 0.0280. The zero-order valence-corrected chi connectivity index (χ0v) is 19.0. The van der Waals surface area contributed by atoms with Crippen molar-refractivity contribution in [3.05, 3.63) is 64.7 Å². The maximum Gasteiger partial charge on any atom is 0.222 e. The molecule has 2 N–H and O–H groups in total. The van der Waals surface area contributed by atoms with E-state index in [0.717, 1.165) is 30.5 Å². The van der Waals surface area contributed by atoms with Gasteiger partial charge in [-0.25, -0.2) is 0 Å². The minimum Gasteiger partial charge on any atom is -0.487 e. The molecule has 1 aliphatic rings. The minimum atomic E-state index is -0.0280. The number of rotatable bonds is 9. The molecule has 0 aromatic heterocycles. The molecule has 1 amide bonds. The Morgan fingerprint density at radius 2 is 2.00 bits per heavy atom. The molecule has 1 aliphatic heterocycles. The number of halogens is 1. The lowest BCUT2D eigenvalue weighted by Crippen LogP contribution is -2.42. The summed E-state index contributed by atoms with van der Waals surface area (Å²) in [5.41, 5.74) is 2.29. The molecule has 1 fully saturated rings. The van der Waals surface area contributed by atoms with Crippen LogP contribution in [0.4, 0.5) is 0 Å². The van der Waals surface area contributed by atoms with Crippen molar-refractivity contribution >= 4 is 23.5 Å². The first-order chi connectivity index (χ1) is 15.1. The van der Waals surface area contributed by atoms with Crippen molar-refractivity contribution in [3.63, 3.8) is 0 Å². The van der Waals surface area contributed by atoms with Gasteiger partial charge < -0.3 is 20.3 Å². The third-order valence-corrected chi connectivity index (χ3v) is 5.61. The van der Waals surface area contributed by atoms with Gasteiger partial charge in [0.1, 0.15) is 11.9 Å². The highest BCUT2D eigenvalue weighted by atomic mass is 35.5. The number of para-hydroxylation sites is 1. The first-order valence-electron chi connectivity index (χ1n) is 10.8. The summed E-state index contributed by atoms with van der Waals surface area (Å²) in [7, 11) is 1.75. The second-order valence-electron chi connectivity index (χ2n) is 7.62. The fraction of sp³-hybridized carbons (Fsp3) is 0.417. The van der Waals surface area contributed by atoms with E-state index in [0.29, 0.717) is 42.8 Å². The quantitative estimate of drug-likeness (QED) is 0.455. The van der Waals surface area contributed by atoms with Crippen molar-refractivity contribution in [2.75, 3.05) is 20.1 Å². The molecule has 1 atom stereocenters. The summed E-state index contributed by atoms with van der Waals surface area (Å²) in [6, 6.07) is 15.8. The van der Waals surface area contributed by atoms with Gasteiger partial charge in [0.2, 0.25) is 5.91 Å². The first kappa shape index (κ1) is 22.9. The zero-order valence-electron chi connectivity index (χ0n) is 18.2. The van der Waals surface area contributed by atoms with Crippen molar-refractivity contribution in [1.29, 1.82) is 0 Å². The molecular formula is C24H31ClN4O2. The molecule has 166 valence electrons. The van der Waals surface area contributed by atoms with Crippen molar-refractivity contribution in [2.24, 2.45) is 4.99 Å². The number of hydrogen-bond acceptors (Lipinski definition) is 3. The van der Waals surface area contributed by atoms with Crippen LogP contribution in [0.3, 0.4) is 0 Å². The van der Waals surface area contributed by atoms with Crippen LogP contribution in [0.5, 0.6) is 5.75 Å². The van der Waals surface area contributed by atoms with Gasteiger partial charge in [-0.3, -0.25) is 9.79 Å². The fourth-order valence-corrected chi connectivity index (χ4v) is 3.72. The highest BCUT2D eigenvalue weighted by Gasteiger charge is 2.20. The molecule has 0 radical (unpaired) electrons. The zero-order chi connectivity index (χ0) is 22.1. The van der Waals surface area contributed by atoms with Crippen LogP contribution in [-0.4, -0.2) is 43.0 Å². The lowest BCUT2D eigenvalue weighted by atomic mass is 10.1. The van der Waals surface area contributed by atoms with Crippen LogP contribution in [0.2, 0.25) is 5.02 Å². The molecule has 2 aromatic carbocycles. The van der Waals surface area contributed by atoms with Gasteiger partial charge in [-0.2, -0.15) is 0 Å². The summed E-state index contributed by atoms with van der Waals surface area (Å²) in [5, 5.41) is 7.28. The topological polar surface area (TPSA) is 66.0 Å². The molecule has 1 saturated heterocycles. The molecule has 0 bridgehead atoms. The Labute approximate surface area is 189 Å². The molecule has 0 saturated carbocycles. The highest BCUT2D eigenvalue weighted by molar-refractivity contribution is 6.32. The van der Waals surface area contributed by atoms with Crippen LogP contribution in [-0.2, 0) is 17.9 Å². The van der Waals surface area contributed by atoms with E-state index >= 15 is 0 Å². The van der Waals surface area contributed by atoms with Gasteiger partial charge in [0.05, 0.1) is 11.6 Å². The van der Waals surface area contributed by atoms with Crippen molar-refractivity contribution in [1.82, 2.24) is 15.5 Å². The lowest BCUT2D eigenvalue weighted by Gasteiger charge is -2.20. The van der Waals surface area contributed by atoms with Gasteiger partial charge in [-0.05, 0) is 36.1 Å². The maximum atomic E-state index is 11.9. The summed E-state index contributed by atoms with van der Waals surface area (Å²) in [6.07, 6.45) is 2.44. The summed E-state index contributed by atoms with van der Waals surface area (Å²) < 4.78 is 6.03. The van der Waals surface area contributed by atoms with E-state index in [4.69, 9.17) is 16.3 Å². The number of nitrogens with one attached hydrogen (secondary N) is 2. The van der Waals surface area contributed by atoms with E-state index in [-0.39, 0.29) is 12.0 Å². The van der Waals surface area contributed by atoms with Crippen molar-refractivity contribution < 1.29 is 9.53 Å². The molecule has 2 aromatic rings. The number of ether oxygens (including phenoxy) is 1. The van der Waals surface area contributed by atoms with Gasteiger partial charge >= 0.3 is 0 Å². The van der Waals surface area contributed by atoms with E-state index in [2.05, 4.69) is 40.7 Å².